The second-order valence-corrected chi connectivity index (χ2v) is 15.8. The van der Waals surface area contributed by atoms with E-state index in [9.17, 15) is 4.79 Å². The molecule has 2 nitrogen and oxygen atoms in total. The number of rotatable bonds is 2. The standard InChI is InChI=1S/C23H38O2Si/c1-21-12-9-17(24)15-16(21)7-8-18-19(21)10-13-22(2)20(18)11-14-23(22,3)25-26(4,5)6/h15,18-20H,7-14H2,1-6H3/t18?,19?,20?,21?,22?,23-/m0/s1. The van der Waals surface area contributed by atoms with E-state index < -0.39 is 8.32 Å². The Labute approximate surface area is 161 Å². The van der Waals surface area contributed by atoms with Gasteiger partial charge in [-0.1, -0.05) is 19.4 Å². The first kappa shape index (κ1) is 18.9. The van der Waals surface area contributed by atoms with Crippen molar-refractivity contribution < 1.29 is 9.22 Å². The second-order valence-electron chi connectivity index (χ2n) is 11.4. The van der Waals surface area contributed by atoms with E-state index in [-0.39, 0.29) is 11.0 Å². The summed E-state index contributed by atoms with van der Waals surface area (Å²) in [5.74, 6) is 2.78. The van der Waals surface area contributed by atoms with Crippen LogP contribution in [0.25, 0.3) is 0 Å². The summed E-state index contributed by atoms with van der Waals surface area (Å²) >= 11 is 0. The Kier molecular flexibility index (Phi) is 4.22. The number of allylic oxidation sites excluding steroid dienone is 1. The van der Waals surface area contributed by atoms with Crippen molar-refractivity contribution in [2.75, 3.05) is 0 Å². The zero-order chi connectivity index (χ0) is 19.0. The third kappa shape index (κ3) is 2.63. The van der Waals surface area contributed by atoms with Crippen LogP contribution in [0.3, 0.4) is 0 Å². The van der Waals surface area contributed by atoms with E-state index in [0.29, 0.717) is 11.2 Å². The van der Waals surface area contributed by atoms with Crippen LogP contribution in [-0.4, -0.2) is 19.7 Å². The summed E-state index contributed by atoms with van der Waals surface area (Å²) in [7, 11) is -1.56. The van der Waals surface area contributed by atoms with E-state index in [1.807, 2.05) is 6.08 Å². The lowest BCUT2D eigenvalue weighted by Crippen LogP contribution is -2.56. The maximum Gasteiger partial charge on any atom is 0.184 e. The van der Waals surface area contributed by atoms with E-state index in [1.165, 1.54) is 37.7 Å². The zero-order valence-electron chi connectivity index (χ0n) is 17.8. The lowest BCUT2D eigenvalue weighted by molar-refractivity contribution is -0.121. The number of carbonyl (C=O) groups is 1. The number of carbonyl (C=O) groups excluding carboxylic acids is 1. The lowest BCUT2D eigenvalue weighted by Gasteiger charge is -2.60. The van der Waals surface area contributed by atoms with Crippen molar-refractivity contribution in [1.29, 1.82) is 0 Å². The minimum atomic E-state index is -1.56. The molecular weight excluding hydrogens is 336 g/mol. The Morgan fingerprint density at radius 2 is 1.65 bits per heavy atom. The summed E-state index contributed by atoms with van der Waals surface area (Å²) in [6, 6.07) is 0. The van der Waals surface area contributed by atoms with Gasteiger partial charge in [0.25, 0.3) is 0 Å². The smallest absolute Gasteiger partial charge is 0.184 e. The minimum Gasteiger partial charge on any atom is -0.412 e. The quantitative estimate of drug-likeness (QED) is 0.544. The summed E-state index contributed by atoms with van der Waals surface area (Å²) in [5, 5.41) is 0. The van der Waals surface area contributed by atoms with Gasteiger partial charge in [0.15, 0.2) is 14.1 Å². The van der Waals surface area contributed by atoms with E-state index in [1.54, 1.807) is 0 Å². The van der Waals surface area contributed by atoms with Gasteiger partial charge in [-0.05, 0) is 106 Å². The average molecular weight is 375 g/mol. The third-order valence-electron chi connectivity index (χ3n) is 9.02. The van der Waals surface area contributed by atoms with Gasteiger partial charge in [0.2, 0.25) is 0 Å². The van der Waals surface area contributed by atoms with E-state index >= 15 is 0 Å². The minimum absolute atomic E-state index is 0.0622. The van der Waals surface area contributed by atoms with Crippen LogP contribution in [0.4, 0.5) is 0 Å². The normalized spacial score (nSPS) is 48.5. The maximum absolute atomic E-state index is 12.0. The van der Waals surface area contributed by atoms with Gasteiger partial charge >= 0.3 is 0 Å². The number of hydrogen-bond donors (Lipinski definition) is 0. The molecule has 146 valence electrons. The van der Waals surface area contributed by atoms with Crippen LogP contribution in [0.1, 0.15) is 72.1 Å². The molecule has 0 aromatic carbocycles. The topological polar surface area (TPSA) is 26.3 Å². The summed E-state index contributed by atoms with van der Waals surface area (Å²) < 4.78 is 6.87. The number of hydrogen-bond acceptors (Lipinski definition) is 2. The molecule has 0 aromatic heterocycles. The highest BCUT2D eigenvalue weighted by Gasteiger charge is 2.63. The lowest BCUT2D eigenvalue weighted by atomic mass is 9.46. The predicted octanol–water partition coefficient (Wildman–Crippen LogP) is 6.13. The molecule has 6 atom stereocenters. The molecule has 0 amide bonds. The summed E-state index contributed by atoms with van der Waals surface area (Å²) in [5.41, 5.74) is 2.16. The largest absolute Gasteiger partial charge is 0.412 e. The first-order valence-electron chi connectivity index (χ1n) is 10.9. The SMILES string of the molecule is CC12CCC(=O)C=C1CCC1C2CCC2(C)C1CC[C@]2(C)O[Si](C)(C)C. The van der Waals surface area contributed by atoms with Crippen molar-refractivity contribution in [2.24, 2.45) is 28.6 Å². The zero-order valence-corrected chi connectivity index (χ0v) is 18.8. The molecular formula is C23H38O2Si. The van der Waals surface area contributed by atoms with Crippen LogP contribution >= 0.6 is 0 Å². The molecule has 0 bridgehead atoms. The van der Waals surface area contributed by atoms with Crippen LogP contribution in [0.15, 0.2) is 11.6 Å². The fourth-order valence-electron chi connectivity index (χ4n) is 7.63. The van der Waals surface area contributed by atoms with Crippen molar-refractivity contribution >= 4 is 14.1 Å². The van der Waals surface area contributed by atoms with Crippen molar-refractivity contribution in [1.82, 2.24) is 0 Å². The van der Waals surface area contributed by atoms with Gasteiger partial charge in [0.05, 0.1) is 5.60 Å². The summed E-state index contributed by atoms with van der Waals surface area (Å²) in [6.07, 6.45) is 11.5. The molecule has 3 fully saturated rings. The Balaban J connectivity index is 1.64. The van der Waals surface area contributed by atoms with E-state index in [2.05, 4.69) is 40.4 Å². The van der Waals surface area contributed by atoms with Gasteiger partial charge in [-0.2, -0.15) is 0 Å². The van der Waals surface area contributed by atoms with Crippen molar-refractivity contribution in [3.8, 4) is 0 Å². The monoisotopic (exact) mass is 374 g/mol. The summed E-state index contributed by atoms with van der Waals surface area (Å²) in [4.78, 5) is 12.0. The highest BCUT2D eigenvalue weighted by Crippen LogP contribution is 2.68. The van der Waals surface area contributed by atoms with Crippen LogP contribution in [0.2, 0.25) is 19.6 Å². The highest BCUT2D eigenvalue weighted by molar-refractivity contribution is 6.69. The Bertz CT molecular complexity index is 647. The molecule has 26 heavy (non-hydrogen) atoms. The fraction of sp³-hybridized carbons (Fsp3) is 0.870. The number of fused-ring (bicyclic) bond motifs is 5. The second kappa shape index (κ2) is 5.79. The van der Waals surface area contributed by atoms with Crippen molar-refractivity contribution in [2.45, 2.75) is 97.4 Å². The molecule has 0 heterocycles. The molecule has 0 N–H and O–H groups in total. The van der Waals surface area contributed by atoms with Crippen LogP contribution in [0.5, 0.6) is 0 Å². The molecule has 3 saturated carbocycles. The van der Waals surface area contributed by atoms with E-state index in [0.717, 1.165) is 37.0 Å². The van der Waals surface area contributed by atoms with Gasteiger partial charge in [-0.3, -0.25) is 4.79 Å². The van der Waals surface area contributed by atoms with Gasteiger partial charge in [0.1, 0.15) is 0 Å². The first-order valence-corrected chi connectivity index (χ1v) is 14.3. The highest BCUT2D eigenvalue weighted by atomic mass is 28.4. The maximum atomic E-state index is 12.0. The molecule has 0 radical (unpaired) electrons. The van der Waals surface area contributed by atoms with Crippen molar-refractivity contribution in [3.63, 3.8) is 0 Å². The van der Waals surface area contributed by atoms with Crippen LogP contribution < -0.4 is 0 Å². The molecule has 0 aromatic rings. The molecule has 4 aliphatic carbocycles. The van der Waals surface area contributed by atoms with Gasteiger partial charge in [0, 0.05) is 6.42 Å². The molecule has 0 spiro atoms. The molecule has 3 heteroatoms. The van der Waals surface area contributed by atoms with Gasteiger partial charge in [-0.25, -0.2) is 0 Å². The molecule has 4 rings (SSSR count). The Morgan fingerprint density at radius 3 is 2.35 bits per heavy atom. The molecule has 0 aliphatic heterocycles. The van der Waals surface area contributed by atoms with Gasteiger partial charge in [-0.15, -0.1) is 0 Å². The Hall–Kier alpha value is -0.413. The van der Waals surface area contributed by atoms with Crippen LogP contribution in [-0.2, 0) is 9.22 Å². The third-order valence-corrected chi connectivity index (χ3v) is 10.1. The predicted molar refractivity (Wildman–Crippen MR) is 110 cm³/mol. The summed E-state index contributed by atoms with van der Waals surface area (Å²) in [6.45, 7) is 14.5. The average Bonchev–Trinajstić information content (AvgIpc) is 2.77. The first-order chi connectivity index (χ1) is 12.0. The Morgan fingerprint density at radius 1 is 0.962 bits per heavy atom. The van der Waals surface area contributed by atoms with Crippen LogP contribution in [0, 0.1) is 28.6 Å². The molecule has 5 unspecified atom stereocenters. The van der Waals surface area contributed by atoms with Crippen molar-refractivity contribution in [3.05, 3.63) is 11.6 Å². The number of ketones is 1. The van der Waals surface area contributed by atoms with Gasteiger partial charge < -0.3 is 4.43 Å². The molecule has 4 aliphatic rings. The fourth-order valence-corrected chi connectivity index (χ4v) is 9.32. The van der Waals surface area contributed by atoms with E-state index in [4.69, 9.17) is 4.43 Å². The molecule has 0 saturated heterocycles.